The Bertz CT molecular complexity index is 254. The topological polar surface area (TPSA) is 64.6 Å². The molecule has 2 rings (SSSR count). The zero-order chi connectivity index (χ0) is 11.5. The van der Waals surface area contributed by atoms with Crippen molar-refractivity contribution in [1.82, 2.24) is 15.5 Å². The summed E-state index contributed by atoms with van der Waals surface area (Å²) in [4.78, 5) is 14.0. The third-order valence-corrected chi connectivity index (χ3v) is 3.51. The number of nitrogens with zero attached hydrogens (tertiary/aromatic N) is 1. The maximum Gasteiger partial charge on any atom is 0.241 e. The van der Waals surface area contributed by atoms with E-state index in [9.17, 15) is 9.90 Å². The molecule has 2 fully saturated rings. The first-order valence-electron chi connectivity index (χ1n) is 6.09. The van der Waals surface area contributed by atoms with Crippen molar-refractivity contribution in [1.29, 1.82) is 0 Å². The molecule has 0 aliphatic carbocycles. The lowest BCUT2D eigenvalue weighted by molar-refractivity contribution is -0.137. The Morgan fingerprint density at radius 3 is 2.88 bits per heavy atom. The number of carbonyl (C=O) groups is 1. The summed E-state index contributed by atoms with van der Waals surface area (Å²) < 4.78 is 0. The Morgan fingerprint density at radius 1 is 1.44 bits per heavy atom. The van der Waals surface area contributed by atoms with Crippen LogP contribution in [0.2, 0.25) is 0 Å². The number of nitrogens with one attached hydrogen (secondary N) is 2. The fourth-order valence-electron chi connectivity index (χ4n) is 2.38. The van der Waals surface area contributed by atoms with E-state index in [-0.39, 0.29) is 24.0 Å². The highest BCUT2D eigenvalue weighted by atomic mass is 16.3. The van der Waals surface area contributed by atoms with Gasteiger partial charge < -0.3 is 20.6 Å². The van der Waals surface area contributed by atoms with Gasteiger partial charge in [-0.25, -0.2) is 0 Å². The molecule has 1 amide bonds. The van der Waals surface area contributed by atoms with Crippen molar-refractivity contribution < 1.29 is 9.90 Å². The van der Waals surface area contributed by atoms with Crippen LogP contribution in [0.4, 0.5) is 0 Å². The number of aliphatic hydroxyl groups excluding tert-OH is 1. The summed E-state index contributed by atoms with van der Waals surface area (Å²) in [5.41, 5.74) is 0. The maximum atomic E-state index is 12.1. The van der Waals surface area contributed by atoms with E-state index in [0.717, 1.165) is 13.1 Å². The van der Waals surface area contributed by atoms with Gasteiger partial charge in [-0.2, -0.15) is 0 Å². The number of hydrogen-bond donors (Lipinski definition) is 3. The van der Waals surface area contributed by atoms with Crippen LogP contribution in [0, 0.1) is 5.92 Å². The second kappa shape index (κ2) is 5.12. The van der Waals surface area contributed by atoms with Gasteiger partial charge in [0.05, 0.1) is 12.1 Å². The standard InChI is InChI=1S/C11H21N3O2/c1-8-7-14(5-2-10(8)15)11(16)9-6-12-3-4-13-9/h8-10,12-13,15H,2-7H2,1H3. The van der Waals surface area contributed by atoms with E-state index in [4.69, 9.17) is 0 Å². The van der Waals surface area contributed by atoms with Crippen LogP contribution in [-0.2, 0) is 4.79 Å². The first-order chi connectivity index (χ1) is 7.68. The van der Waals surface area contributed by atoms with Gasteiger partial charge in [0.1, 0.15) is 0 Å². The first-order valence-corrected chi connectivity index (χ1v) is 6.09. The monoisotopic (exact) mass is 227 g/mol. The predicted octanol–water partition coefficient (Wildman–Crippen LogP) is -1.22. The zero-order valence-corrected chi connectivity index (χ0v) is 9.78. The zero-order valence-electron chi connectivity index (χ0n) is 9.78. The van der Waals surface area contributed by atoms with Crippen molar-refractivity contribution in [3.05, 3.63) is 0 Å². The van der Waals surface area contributed by atoms with Crippen molar-refractivity contribution >= 4 is 5.91 Å². The van der Waals surface area contributed by atoms with E-state index < -0.39 is 0 Å². The number of piperidine rings is 1. The number of piperazine rings is 1. The van der Waals surface area contributed by atoms with Crippen LogP contribution in [0.3, 0.4) is 0 Å². The average Bonchev–Trinajstić information content (AvgIpc) is 2.33. The van der Waals surface area contributed by atoms with Gasteiger partial charge in [-0.3, -0.25) is 4.79 Å². The summed E-state index contributed by atoms with van der Waals surface area (Å²) >= 11 is 0. The van der Waals surface area contributed by atoms with E-state index in [1.807, 2.05) is 11.8 Å². The molecular weight excluding hydrogens is 206 g/mol. The Morgan fingerprint density at radius 2 is 2.25 bits per heavy atom. The number of rotatable bonds is 1. The molecule has 2 aliphatic rings. The molecule has 0 aromatic carbocycles. The molecule has 2 aliphatic heterocycles. The smallest absolute Gasteiger partial charge is 0.241 e. The molecule has 0 bridgehead atoms. The minimum Gasteiger partial charge on any atom is -0.393 e. The molecule has 3 unspecified atom stereocenters. The summed E-state index contributed by atoms with van der Waals surface area (Å²) in [6.45, 7) is 5.85. The Labute approximate surface area is 96.2 Å². The SMILES string of the molecule is CC1CN(C(=O)C2CNCCN2)CCC1O. The average molecular weight is 227 g/mol. The summed E-state index contributed by atoms with van der Waals surface area (Å²) in [5, 5.41) is 16.1. The summed E-state index contributed by atoms with van der Waals surface area (Å²) in [6, 6.07) is -0.0869. The molecule has 0 aromatic rings. The Hall–Kier alpha value is -0.650. The fourth-order valence-corrected chi connectivity index (χ4v) is 2.38. The molecule has 92 valence electrons. The van der Waals surface area contributed by atoms with Crippen LogP contribution in [0.25, 0.3) is 0 Å². The minimum absolute atomic E-state index is 0.0869. The highest BCUT2D eigenvalue weighted by Gasteiger charge is 2.31. The molecule has 0 spiro atoms. The van der Waals surface area contributed by atoms with E-state index in [1.165, 1.54) is 0 Å². The van der Waals surface area contributed by atoms with Crippen molar-refractivity contribution in [3.8, 4) is 0 Å². The summed E-state index contributed by atoms with van der Waals surface area (Å²) in [6.07, 6.45) is 0.453. The molecule has 3 N–H and O–H groups in total. The number of carbonyl (C=O) groups excluding carboxylic acids is 1. The van der Waals surface area contributed by atoms with Gasteiger partial charge >= 0.3 is 0 Å². The van der Waals surface area contributed by atoms with E-state index in [1.54, 1.807) is 0 Å². The van der Waals surface area contributed by atoms with Crippen molar-refractivity contribution in [2.24, 2.45) is 5.92 Å². The second-order valence-electron chi connectivity index (χ2n) is 4.83. The van der Waals surface area contributed by atoms with Gasteiger partial charge in [-0.1, -0.05) is 6.92 Å². The molecule has 5 nitrogen and oxygen atoms in total. The van der Waals surface area contributed by atoms with Crippen LogP contribution in [0.1, 0.15) is 13.3 Å². The van der Waals surface area contributed by atoms with Crippen LogP contribution >= 0.6 is 0 Å². The summed E-state index contributed by atoms with van der Waals surface area (Å²) in [7, 11) is 0. The van der Waals surface area contributed by atoms with Crippen molar-refractivity contribution in [2.75, 3.05) is 32.7 Å². The molecule has 0 aromatic heterocycles. The quantitative estimate of drug-likeness (QED) is 0.525. The predicted molar refractivity (Wildman–Crippen MR) is 61.0 cm³/mol. The first kappa shape index (κ1) is 11.8. The third-order valence-electron chi connectivity index (χ3n) is 3.51. The highest BCUT2D eigenvalue weighted by Crippen LogP contribution is 2.17. The number of amides is 1. The van der Waals surface area contributed by atoms with Gasteiger partial charge in [0.2, 0.25) is 5.91 Å². The van der Waals surface area contributed by atoms with E-state index in [0.29, 0.717) is 26.1 Å². The molecule has 2 saturated heterocycles. The Balaban J connectivity index is 1.89. The molecule has 2 heterocycles. The van der Waals surface area contributed by atoms with Gasteiger partial charge in [-0.15, -0.1) is 0 Å². The fraction of sp³-hybridized carbons (Fsp3) is 0.909. The van der Waals surface area contributed by atoms with Gasteiger partial charge in [-0.05, 0) is 12.3 Å². The lowest BCUT2D eigenvalue weighted by Gasteiger charge is -2.37. The molecule has 0 saturated carbocycles. The highest BCUT2D eigenvalue weighted by molar-refractivity contribution is 5.82. The molecule has 16 heavy (non-hydrogen) atoms. The second-order valence-corrected chi connectivity index (χ2v) is 4.83. The maximum absolute atomic E-state index is 12.1. The van der Waals surface area contributed by atoms with E-state index >= 15 is 0 Å². The number of hydrogen-bond acceptors (Lipinski definition) is 4. The van der Waals surface area contributed by atoms with Gasteiger partial charge in [0, 0.05) is 32.7 Å². The largest absolute Gasteiger partial charge is 0.393 e. The van der Waals surface area contributed by atoms with Crippen molar-refractivity contribution in [3.63, 3.8) is 0 Å². The lowest BCUT2D eigenvalue weighted by Crippen LogP contribution is -2.58. The number of aliphatic hydroxyl groups is 1. The molecule has 3 atom stereocenters. The third kappa shape index (κ3) is 2.53. The molecular formula is C11H21N3O2. The Kier molecular flexibility index (Phi) is 3.78. The summed E-state index contributed by atoms with van der Waals surface area (Å²) in [5.74, 6) is 0.361. The molecule has 0 radical (unpaired) electrons. The minimum atomic E-state index is -0.249. The van der Waals surface area contributed by atoms with Crippen LogP contribution in [-0.4, -0.2) is 60.8 Å². The normalized spacial score (nSPS) is 36.1. The van der Waals surface area contributed by atoms with E-state index in [2.05, 4.69) is 10.6 Å². The number of likely N-dealkylation sites (tertiary alicyclic amines) is 1. The van der Waals surface area contributed by atoms with Crippen LogP contribution < -0.4 is 10.6 Å². The lowest BCUT2D eigenvalue weighted by atomic mass is 9.96. The van der Waals surface area contributed by atoms with Crippen molar-refractivity contribution in [2.45, 2.75) is 25.5 Å². The van der Waals surface area contributed by atoms with Crippen LogP contribution in [0.5, 0.6) is 0 Å². The van der Waals surface area contributed by atoms with Crippen LogP contribution in [0.15, 0.2) is 0 Å². The molecule has 5 heteroatoms. The van der Waals surface area contributed by atoms with Gasteiger partial charge in [0.25, 0.3) is 0 Å². The van der Waals surface area contributed by atoms with Gasteiger partial charge in [0.15, 0.2) is 0 Å².